The summed E-state index contributed by atoms with van der Waals surface area (Å²) in [4.78, 5) is 27.7. The number of ether oxygens (including phenoxy) is 1. The maximum atomic E-state index is 12.6. The molecular formula is C14H16N2O3S. The SMILES string of the molecule is COc1cccc2c(=O)n(C3CCSCC3)c(=O)[nH]c12. The van der Waals surface area contributed by atoms with Crippen LogP contribution in [-0.2, 0) is 0 Å². The molecule has 1 aliphatic heterocycles. The summed E-state index contributed by atoms with van der Waals surface area (Å²) in [5.74, 6) is 2.50. The number of methoxy groups -OCH3 is 1. The first-order chi connectivity index (χ1) is 9.72. The normalized spacial score (nSPS) is 16.4. The molecule has 0 spiro atoms. The summed E-state index contributed by atoms with van der Waals surface area (Å²) in [5.41, 5.74) is -0.0881. The van der Waals surface area contributed by atoms with Gasteiger partial charge in [-0.05, 0) is 36.5 Å². The number of fused-ring (bicyclic) bond motifs is 1. The lowest BCUT2D eigenvalue weighted by atomic mass is 10.1. The molecule has 0 unspecified atom stereocenters. The molecule has 0 bridgehead atoms. The lowest BCUT2D eigenvalue weighted by Gasteiger charge is -2.23. The highest BCUT2D eigenvalue weighted by Crippen LogP contribution is 2.26. The van der Waals surface area contributed by atoms with Crippen LogP contribution in [0.4, 0.5) is 0 Å². The number of aromatic nitrogens is 2. The molecule has 0 saturated carbocycles. The van der Waals surface area contributed by atoms with Crippen molar-refractivity contribution in [2.45, 2.75) is 18.9 Å². The van der Waals surface area contributed by atoms with E-state index in [4.69, 9.17) is 4.74 Å². The monoisotopic (exact) mass is 292 g/mol. The molecule has 1 saturated heterocycles. The first-order valence-corrected chi connectivity index (χ1v) is 7.77. The lowest BCUT2D eigenvalue weighted by molar-refractivity contribution is 0.416. The predicted molar refractivity (Wildman–Crippen MR) is 81.0 cm³/mol. The average molecular weight is 292 g/mol. The van der Waals surface area contributed by atoms with Crippen molar-refractivity contribution in [1.82, 2.24) is 9.55 Å². The van der Waals surface area contributed by atoms with Gasteiger partial charge in [0.05, 0.1) is 18.0 Å². The number of aromatic amines is 1. The van der Waals surface area contributed by atoms with Gasteiger partial charge in [-0.2, -0.15) is 11.8 Å². The van der Waals surface area contributed by atoms with Gasteiger partial charge in [-0.25, -0.2) is 4.79 Å². The Labute approximate surface area is 120 Å². The van der Waals surface area contributed by atoms with Crippen LogP contribution in [0.2, 0.25) is 0 Å². The number of rotatable bonds is 2. The number of hydrogen-bond donors (Lipinski definition) is 1. The first kappa shape index (κ1) is 13.3. The minimum Gasteiger partial charge on any atom is -0.495 e. The van der Waals surface area contributed by atoms with Crippen LogP contribution in [0, 0.1) is 0 Å². The third-order valence-corrected chi connectivity index (χ3v) is 4.75. The first-order valence-electron chi connectivity index (χ1n) is 6.61. The summed E-state index contributed by atoms with van der Waals surface area (Å²) in [6, 6.07) is 5.23. The van der Waals surface area contributed by atoms with Gasteiger partial charge in [-0.15, -0.1) is 0 Å². The van der Waals surface area contributed by atoms with Gasteiger partial charge in [0, 0.05) is 6.04 Å². The second-order valence-electron chi connectivity index (χ2n) is 4.83. The molecule has 2 heterocycles. The van der Waals surface area contributed by atoms with Crippen LogP contribution in [0.5, 0.6) is 5.75 Å². The number of H-pyrrole nitrogens is 1. The highest BCUT2D eigenvalue weighted by Gasteiger charge is 2.20. The number of para-hydroxylation sites is 1. The molecule has 0 amide bonds. The Kier molecular flexibility index (Phi) is 3.56. The molecule has 0 radical (unpaired) electrons. The maximum absolute atomic E-state index is 12.6. The third kappa shape index (κ3) is 2.14. The smallest absolute Gasteiger partial charge is 0.329 e. The van der Waals surface area contributed by atoms with E-state index in [1.165, 1.54) is 11.7 Å². The van der Waals surface area contributed by atoms with Crippen LogP contribution < -0.4 is 16.0 Å². The van der Waals surface area contributed by atoms with Crippen molar-refractivity contribution in [2.75, 3.05) is 18.6 Å². The minimum atomic E-state index is -0.344. The highest BCUT2D eigenvalue weighted by molar-refractivity contribution is 7.99. The van der Waals surface area contributed by atoms with Crippen molar-refractivity contribution in [3.8, 4) is 5.75 Å². The Morgan fingerprint density at radius 1 is 1.30 bits per heavy atom. The van der Waals surface area contributed by atoms with E-state index in [9.17, 15) is 9.59 Å². The Morgan fingerprint density at radius 2 is 2.05 bits per heavy atom. The van der Waals surface area contributed by atoms with Crippen molar-refractivity contribution in [2.24, 2.45) is 0 Å². The molecule has 106 valence electrons. The Hall–Kier alpha value is -1.69. The van der Waals surface area contributed by atoms with Crippen LogP contribution >= 0.6 is 11.8 Å². The lowest BCUT2D eigenvalue weighted by Crippen LogP contribution is -2.39. The van der Waals surface area contributed by atoms with Crippen LogP contribution in [0.1, 0.15) is 18.9 Å². The molecule has 1 aromatic carbocycles. The van der Waals surface area contributed by atoms with Crippen molar-refractivity contribution >= 4 is 22.7 Å². The number of nitrogens with one attached hydrogen (secondary N) is 1. The predicted octanol–water partition coefficient (Wildman–Crippen LogP) is 1.77. The molecule has 5 nitrogen and oxygen atoms in total. The molecule has 1 aromatic heterocycles. The molecule has 1 fully saturated rings. The highest BCUT2D eigenvalue weighted by atomic mass is 32.2. The molecular weight excluding hydrogens is 276 g/mol. The van der Waals surface area contributed by atoms with Crippen LogP contribution in [0.25, 0.3) is 10.9 Å². The second kappa shape index (κ2) is 5.36. The quantitative estimate of drug-likeness (QED) is 0.916. The zero-order chi connectivity index (χ0) is 14.1. The van der Waals surface area contributed by atoms with Crippen molar-refractivity contribution in [1.29, 1.82) is 0 Å². The number of thioether (sulfide) groups is 1. The Balaban J connectivity index is 2.24. The molecule has 1 aliphatic rings. The summed E-state index contributed by atoms with van der Waals surface area (Å²) in [6.45, 7) is 0. The van der Waals surface area contributed by atoms with Gasteiger partial charge < -0.3 is 9.72 Å². The van der Waals surface area contributed by atoms with E-state index in [1.807, 2.05) is 11.8 Å². The van der Waals surface area contributed by atoms with Gasteiger partial charge in [0.25, 0.3) is 5.56 Å². The summed E-state index contributed by atoms with van der Waals surface area (Å²) in [5, 5.41) is 0.502. The topological polar surface area (TPSA) is 64.1 Å². The van der Waals surface area contributed by atoms with Gasteiger partial charge in [-0.3, -0.25) is 9.36 Å². The van der Waals surface area contributed by atoms with Crippen LogP contribution in [-0.4, -0.2) is 28.2 Å². The van der Waals surface area contributed by atoms with Crippen LogP contribution in [0.3, 0.4) is 0 Å². The standard InChI is InChI=1S/C14H16N2O3S/c1-19-11-4-2-3-10-12(11)15-14(18)16(13(10)17)9-5-7-20-8-6-9/h2-4,9H,5-8H2,1H3,(H,15,18). The zero-order valence-electron chi connectivity index (χ0n) is 11.2. The second-order valence-corrected chi connectivity index (χ2v) is 6.06. The number of benzene rings is 1. The van der Waals surface area contributed by atoms with Gasteiger partial charge in [0.1, 0.15) is 5.75 Å². The largest absolute Gasteiger partial charge is 0.495 e. The molecule has 20 heavy (non-hydrogen) atoms. The molecule has 6 heteroatoms. The van der Waals surface area contributed by atoms with E-state index in [0.29, 0.717) is 16.7 Å². The number of nitrogens with zero attached hydrogens (tertiary/aromatic N) is 1. The fourth-order valence-corrected chi connectivity index (χ4v) is 3.75. The third-order valence-electron chi connectivity index (χ3n) is 3.70. The van der Waals surface area contributed by atoms with E-state index in [0.717, 1.165) is 24.3 Å². The average Bonchev–Trinajstić information content (AvgIpc) is 2.48. The van der Waals surface area contributed by atoms with Crippen molar-refractivity contribution in [3.05, 3.63) is 39.0 Å². The van der Waals surface area contributed by atoms with Crippen molar-refractivity contribution < 1.29 is 4.74 Å². The van der Waals surface area contributed by atoms with E-state index in [-0.39, 0.29) is 17.3 Å². The Morgan fingerprint density at radius 3 is 2.75 bits per heavy atom. The summed E-state index contributed by atoms with van der Waals surface area (Å²) >= 11 is 1.87. The molecule has 0 atom stereocenters. The summed E-state index contributed by atoms with van der Waals surface area (Å²) in [6.07, 6.45) is 1.73. The van der Waals surface area contributed by atoms with Gasteiger partial charge in [0.2, 0.25) is 0 Å². The van der Waals surface area contributed by atoms with Gasteiger partial charge in [0.15, 0.2) is 0 Å². The van der Waals surface area contributed by atoms with E-state index in [2.05, 4.69) is 4.98 Å². The van der Waals surface area contributed by atoms with Crippen LogP contribution in [0.15, 0.2) is 27.8 Å². The van der Waals surface area contributed by atoms with E-state index < -0.39 is 0 Å². The zero-order valence-corrected chi connectivity index (χ0v) is 12.0. The molecule has 1 N–H and O–H groups in total. The number of hydrogen-bond acceptors (Lipinski definition) is 4. The minimum absolute atomic E-state index is 0.00287. The maximum Gasteiger partial charge on any atom is 0.329 e. The Bertz CT molecular complexity index is 744. The molecule has 0 aliphatic carbocycles. The van der Waals surface area contributed by atoms with Gasteiger partial charge in [-0.1, -0.05) is 6.07 Å². The van der Waals surface area contributed by atoms with Gasteiger partial charge >= 0.3 is 5.69 Å². The van der Waals surface area contributed by atoms with Crippen molar-refractivity contribution in [3.63, 3.8) is 0 Å². The van der Waals surface area contributed by atoms with E-state index in [1.54, 1.807) is 18.2 Å². The molecule has 2 aromatic rings. The van der Waals surface area contributed by atoms with E-state index >= 15 is 0 Å². The summed E-state index contributed by atoms with van der Waals surface area (Å²) < 4.78 is 6.58. The summed E-state index contributed by atoms with van der Waals surface area (Å²) in [7, 11) is 1.52. The fraction of sp³-hybridized carbons (Fsp3) is 0.429. The fourth-order valence-electron chi connectivity index (χ4n) is 2.67. The molecule has 3 rings (SSSR count).